The second-order valence-corrected chi connectivity index (χ2v) is 11.3. The van der Waals surface area contributed by atoms with Crippen LogP contribution in [0.5, 0.6) is 5.75 Å². The molecule has 5 aromatic rings. The number of benzene rings is 3. The Kier molecular flexibility index (Phi) is 9.24. The summed E-state index contributed by atoms with van der Waals surface area (Å²) < 4.78 is 48.2. The number of rotatable bonds is 9. The third kappa shape index (κ3) is 7.34. The van der Waals surface area contributed by atoms with E-state index in [4.69, 9.17) is 4.74 Å². The van der Waals surface area contributed by atoms with Gasteiger partial charge in [0.15, 0.2) is 0 Å². The van der Waals surface area contributed by atoms with Gasteiger partial charge in [-0.2, -0.15) is 18.3 Å². The van der Waals surface area contributed by atoms with Crippen LogP contribution in [0.15, 0.2) is 77.3 Å². The summed E-state index contributed by atoms with van der Waals surface area (Å²) in [6, 6.07) is 20.1. The van der Waals surface area contributed by atoms with Crippen molar-refractivity contribution in [1.82, 2.24) is 20.1 Å². The van der Waals surface area contributed by atoms with Crippen molar-refractivity contribution < 1.29 is 27.5 Å². The van der Waals surface area contributed by atoms with Gasteiger partial charge in [-0.1, -0.05) is 40.2 Å². The van der Waals surface area contributed by atoms with Gasteiger partial charge in [0, 0.05) is 22.0 Å². The monoisotopic (exact) mass is 679 g/mol. The van der Waals surface area contributed by atoms with Crippen LogP contribution in [-0.4, -0.2) is 40.2 Å². The van der Waals surface area contributed by atoms with Gasteiger partial charge >= 0.3 is 6.18 Å². The highest BCUT2D eigenvalue weighted by Crippen LogP contribution is 2.33. The predicted octanol–water partition coefficient (Wildman–Crippen LogP) is 7.11. The maximum absolute atomic E-state index is 13.6. The fourth-order valence-electron chi connectivity index (χ4n) is 4.89. The first-order chi connectivity index (χ1) is 21.4. The van der Waals surface area contributed by atoms with Gasteiger partial charge in [0.05, 0.1) is 41.8 Å². The van der Waals surface area contributed by atoms with Crippen molar-refractivity contribution in [1.29, 1.82) is 0 Å². The number of carbonyl (C=O) groups is 2. The molecule has 2 N–H and O–H groups in total. The number of carbonyl (C=O) groups excluding carboxylic acids is 2. The Bertz CT molecular complexity index is 1870. The minimum absolute atomic E-state index is 0.0525. The molecule has 3 aromatic carbocycles. The van der Waals surface area contributed by atoms with E-state index in [1.165, 1.54) is 6.07 Å². The minimum atomic E-state index is -4.72. The van der Waals surface area contributed by atoms with E-state index in [0.717, 1.165) is 22.9 Å². The van der Waals surface area contributed by atoms with Crippen LogP contribution in [0.25, 0.3) is 10.9 Å². The molecule has 12 heteroatoms. The van der Waals surface area contributed by atoms with Crippen LogP contribution >= 0.6 is 15.9 Å². The zero-order chi connectivity index (χ0) is 32.3. The Hall–Kier alpha value is -4.71. The molecule has 0 radical (unpaired) electrons. The summed E-state index contributed by atoms with van der Waals surface area (Å²) in [5.74, 6) is -0.117. The highest BCUT2D eigenvalue weighted by Gasteiger charge is 2.34. The smallest absolute Gasteiger partial charge is 0.433 e. The molecule has 0 atom stereocenters. The summed E-state index contributed by atoms with van der Waals surface area (Å²) in [4.78, 5) is 29.7. The maximum Gasteiger partial charge on any atom is 0.433 e. The van der Waals surface area contributed by atoms with Gasteiger partial charge in [0.1, 0.15) is 11.4 Å². The van der Waals surface area contributed by atoms with Crippen molar-refractivity contribution in [2.75, 3.05) is 19.0 Å². The van der Waals surface area contributed by atoms with E-state index >= 15 is 0 Å². The van der Waals surface area contributed by atoms with Gasteiger partial charge in [-0.25, -0.2) is 4.98 Å². The molecule has 0 unspecified atom stereocenters. The first kappa shape index (κ1) is 31.7. The molecule has 0 aliphatic carbocycles. The Morgan fingerprint density at radius 3 is 2.29 bits per heavy atom. The Labute approximate surface area is 265 Å². The average Bonchev–Trinajstić information content (AvgIpc) is 3.27. The van der Waals surface area contributed by atoms with Crippen LogP contribution < -0.4 is 15.4 Å². The van der Waals surface area contributed by atoms with Crippen molar-refractivity contribution in [2.45, 2.75) is 33.0 Å². The van der Waals surface area contributed by atoms with Crippen LogP contribution in [0.4, 0.5) is 18.9 Å². The second kappa shape index (κ2) is 13.1. The molecule has 0 aliphatic rings. The number of halogens is 4. The molecule has 2 amide bonds. The number of hydrogen-bond donors (Lipinski definition) is 2. The third-order valence-electron chi connectivity index (χ3n) is 7.33. The fraction of sp³-hybridized carbons (Fsp3) is 0.212. The van der Waals surface area contributed by atoms with Crippen molar-refractivity contribution in [2.24, 2.45) is 0 Å². The molecule has 2 heterocycles. The van der Waals surface area contributed by atoms with Crippen molar-refractivity contribution in [3.05, 3.63) is 117 Å². The summed E-state index contributed by atoms with van der Waals surface area (Å²) in [5, 5.41) is 10.5. The van der Waals surface area contributed by atoms with Gasteiger partial charge in [0.25, 0.3) is 11.8 Å². The lowest BCUT2D eigenvalue weighted by Gasteiger charge is -2.13. The predicted molar refractivity (Wildman–Crippen MR) is 169 cm³/mol. The van der Waals surface area contributed by atoms with Gasteiger partial charge in [-0.05, 0) is 79.9 Å². The third-order valence-corrected chi connectivity index (χ3v) is 7.83. The van der Waals surface area contributed by atoms with Gasteiger partial charge < -0.3 is 15.4 Å². The van der Waals surface area contributed by atoms with E-state index in [2.05, 4.69) is 36.6 Å². The number of nitrogens with one attached hydrogen (secondary N) is 2. The van der Waals surface area contributed by atoms with E-state index in [1.807, 2.05) is 36.4 Å². The van der Waals surface area contributed by atoms with Gasteiger partial charge in [-0.15, -0.1) is 0 Å². The number of anilines is 1. The molecular weight excluding hydrogens is 651 g/mol. The zero-order valence-corrected chi connectivity index (χ0v) is 26.2. The highest BCUT2D eigenvalue weighted by molar-refractivity contribution is 9.10. The molecule has 0 spiro atoms. The van der Waals surface area contributed by atoms with Crippen LogP contribution in [0.2, 0.25) is 0 Å². The number of aryl methyl sites for hydroxylation is 1. The van der Waals surface area contributed by atoms with E-state index in [-0.39, 0.29) is 22.4 Å². The summed E-state index contributed by atoms with van der Waals surface area (Å²) in [7, 11) is 1.61. The lowest BCUT2D eigenvalue weighted by atomic mass is 10.1. The first-order valence-electron chi connectivity index (χ1n) is 14.0. The van der Waals surface area contributed by atoms with E-state index in [1.54, 1.807) is 49.9 Å². The molecule has 0 aliphatic heterocycles. The number of fused-ring (bicyclic) bond motifs is 1. The summed E-state index contributed by atoms with van der Waals surface area (Å²) in [5.41, 5.74) is 2.75. The summed E-state index contributed by atoms with van der Waals surface area (Å²) in [6.07, 6.45) is -4.04. The lowest BCUT2D eigenvalue weighted by molar-refractivity contribution is -0.141. The molecule has 0 fully saturated rings. The molecule has 232 valence electrons. The lowest BCUT2D eigenvalue weighted by Crippen LogP contribution is -2.25. The molecule has 45 heavy (non-hydrogen) atoms. The maximum atomic E-state index is 13.6. The quantitative estimate of drug-likeness (QED) is 0.173. The van der Waals surface area contributed by atoms with Gasteiger partial charge in [0.2, 0.25) is 0 Å². The standard InChI is InChI=1S/C33H29BrF3N5O3/c1-19-30(40-32(44)27-17-29(33(35,36)37)39-28-13-10-24(34)16-26(27)28)20(2)42(41-19)18-22-4-8-23(9-5-22)31(43)38-15-14-21-6-11-25(45-3)12-7-21/h4-13,16-17H,14-15,18H2,1-3H3,(H,38,43)(H,40,44). The number of nitrogens with zero attached hydrogens (tertiary/aromatic N) is 3. The second-order valence-electron chi connectivity index (χ2n) is 10.4. The number of alkyl halides is 3. The molecule has 2 aromatic heterocycles. The van der Waals surface area contributed by atoms with Crippen molar-refractivity contribution >= 4 is 44.3 Å². The number of methoxy groups -OCH3 is 1. The van der Waals surface area contributed by atoms with Gasteiger partial charge in [-0.3, -0.25) is 14.3 Å². The number of pyridine rings is 1. The molecule has 8 nitrogen and oxygen atoms in total. The number of aromatic nitrogens is 3. The normalized spacial score (nSPS) is 11.4. The van der Waals surface area contributed by atoms with Crippen molar-refractivity contribution in [3.63, 3.8) is 0 Å². The molecule has 0 saturated heterocycles. The number of hydrogen-bond acceptors (Lipinski definition) is 5. The number of ether oxygens (including phenoxy) is 1. The van der Waals surface area contributed by atoms with Crippen LogP contribution in [-0.2, 0) is 19.1 Å². The Morgan fingerprint density at radius 2 is 1.62 bits per heavy atom. The van der Waals surface area contributed by atoms with Crippen LogP contribution in [0.1, 0.15) is 48.9 Å². The summed E-state index contributed by atoms with van der Waals surface area (Å²) in [6.45, 7) is 4.31. The van der Waals surface area contributed by atoms with Crippen molar-refractivity contribution in [3.8, 4) is 5.75 Å². The molecule has 5 rings (SSSR count). The topological polar surface area (TPSA) is 98.1 Å². The largest absolute Gasteiger partial charge is 0.497 e. The van der Waals surface area contributed by atoms with E-state index in [9.17, 15) is 22.8 Å². The first-order valence-corrected chi connectivity index (χ1v) is 14.7. The highest BCUT2D eigenvalue weighted by atomic mass is 79.9. The Balaban J connectivity index is 1.26. The van der Waals surface area contributed by atoms with Crippen LogP contribution in [0, 0.1) is 13.8 Å². The minimum Gasteiger partial charge on any atom is -0.497 e. The summed E-state index contributed by atoms with van der Waals surface area (Å²) >= 11 is 3.31. The Morgan fingerprint density at radius 1 is 0.933 bits per heavy atom. The molecule has 0 saturated carbocycles. The number of amides is 2. The molecule has 0 bridgehead atoms. The van der Waals surface area contributed by atoms with E-state index in [0.29, 0.717) is 46.6 Å². The molecular formula is C33H29BrF3N5O3. The zero-order valence-electron chi connectivity index (χ0n) is 24.6. The van der Waals surface area contributed by atoms with E-state index < -0.39 is 17.8 Å². The SMILES string of the molecule is COc1ccc(CCNC(=O)c2ccc(Cn3nc(C)c(NC(=O)c4cc(C(F)(F)F)nc5ccc(Br)cc45)c3C)cc2)cc1. The fourth-order valence-corrected chi connectivity index (χ4v) is 5.25. The van der Waals surface area contributed by atoms with Crippen LogP contribution in [0.3, 0.4) is 0 Å². The average molecular weight is 681 g/mol.